The Morgan fingerprint density at radius 1 is 1.09 bits per heavy atom. The number of methoxy groups -OCH3 is 3. The van der Waals surface area contributed by atoms with E-state index in [1.165, 1.54) is 20.5 Å². The van der Waals surface area contributed by atoms with Gasteiger partial charge in [-0.1, -0.05) is 0 Å². The quantitative estimate of drug-likeness (QED) is 0.579. The molecule has 2 heterocycles. The molecule has 8 nitrogen and oxygen atoms in total. The van der Waals surface area contributed by atoms with Gasteiger partial charge in [0.05, 0.1) is 25.9 Å². The highest BCUT2D eigenvalue weighted by Gasteiger charge is 2.39. The van der Waals surface area contributed by atoms with Crippen LogP contribution < -0.4 is 24.4 Å². The van der Waals surface area contributed by atoms with E-state index in [2.05, 4.69) is 0 Å². The number of hydrogen-bond acceptors (Lipinski definition) is 8. The van der Waals surface area contributed by atoms with Crippen LogP contribution in [0.1, 0.15) is 19.4 Å². The van der Waals surface area contributed by atoms with Crippen molar-refractivity contribution in [1.82, 2.24) is 0 Å². The Kier molecular flexibility index (Phi) is 5.75. The molecule has 1 aliphatic rings. The molecule has 1 N–H and O–H groups in total. The van der Waals surface area contributed by atoms with Gasteiger partial charge in [0.15, 0.2) is 6.79 Å². The Balaban J connectivity index is 1.98. The van der Waals surface area contributed by atoms with Gasteiger partial charge in [0.1, 0.15) is 45.8 Å². The smallest absolute Gasteiger partial charge is 0.204 e. The second-order valence-corrected chi connectivity index (χ2v) is 8.08. The van der Waals surface area contributed by atoms with Crippen molar-refractivity contribution in [3.05, 3.63) is 46.3 Å². The molecule has 32 heavy (non-hydrogen) atoms. The molecule has 0 aliphatic carbocycles. The summed E-state index contributed by atoms with van der Waals surface area (Å²) in [5.74, 6) is 1.85. The van der Waals surface area contributed by atoms with Crippen molar-refractivity contribution in [3.63, 3.8) is 0 Å². The molecule has 8 heteroatoms. The van der Waals surface area contributed by atoms with Crippen molar-refractivity contribution < 1.29 is 33.2 Å². The van der Waals surface area contributed by atoms with Gasteiger partial charge in [-0.25, -0.2) is 0 Å². The summed E-state index contributed by atoms with van der Waals surface area (Å²) in [6.07, 6.45) is 0.867. The fourth-order valence-corrected chi connectivity index (χ4v) is 3.81. The van der Waals surface area contributed by atoms with Gasteiger partial charge in [0.25, 0.3) is 0 Å². The molecule has 0 spiro atoms. The summed E-state index contributed by atoms with van der Waals surface area (Å²) in [6, 6.07) is 6.81. The molecule has 1 unspecified atom stereocenters. The minimum Gasteiger partial charge on any atom is -0.497 e. The molecular weight excluding hydrogens is 416 g/mol. The lowest BCUT2D eigenvalue weighted by molar-refractivity contribution is -0.0415. The van der Waals surface area contributed by atoms with Crippen molar-refractivity contribution in [1.29, 1.82) is 0 Å². The summed E-state index contributed by atoms with van der Waals surface area (Å²) in [4.78, 5) is 13.7. The standard InChI is InChI=1S/C24H26O8/c1-24(2)20(25)9-15-18(31-12-27-3)10-19-21(23(15)32-24)22(26)16(11-30-19)14-7-6-13(28-4)8-17(14)29-5/h6-8,10-11,20,25H,9,12H2,1-5H3. The van der Waals surface area contributed by atoms with E-state index in [9.17, 15) is 9.90 Å². The highest BCUT2D eigenvalue weighted by atomic mass is 16.7. The summed E-state index contributed by atoms with van der Waals surface area (Å²) in [5, 5.41) is 10.9. The zero-order valence-electron chi connectivity index (χ0n) is 18.7. The second-order valence-electron chi connectivity index (χ2n) is 8.08. The van der Waals surface area contributed by atoms with Gasteiger partial charge < -0.3 is 33.2 Å². The number of benzene rings is 2. The SMILES string of the molecule is COCOc1cc2occ(-c3ccc(OC)cc3OC)c(=O)c2c2c1CC(O)C(C)(C)O2. The van der Waals surface area contributed by atoms with Crippen LogP contribution in [0.5, 0.6) is 23.0 Å². The molecule has 0 bridgehead atoms. The average Bonchev–Trinajstić information content (AvgIpc) is 2.78. The lowest BCUT2D eigenvalue weighted by atomic mass is 9.89. The first-order chi connectivity index (χ1) is 15.3. The summed E-state index contributed by atoms with van der Waals surface area (Å²) in [5.41, 5.74) is 0.595. The molecule has 4 rings (SSSR count). The van der Waals surface area contributed by atoms with Crippen LogP contribution in [0.3, 0.4) is 0 Å². The van der Waals surface area contributed by atoms with Gasteiger partial charge in [-0.15, -0.1) is 0 Å². The molecule has 1 atom stereocenters. The van der Waals surface area contributed by atoms with Gasteiger partial charge in [-0.2, -0.15) is 0 Å². The Labute approximate surface area is 185 Å². The van der Waals surface area contributed by atoms with Crippen LogP contribution in [-0.4, -0.2) is 44.9 Å². The predicted octanol–water partition coefficient (Wildman–Crippen LogP) is 3.53. The van der Waals surface area contributed by atoms with Crippen molar-refractivity contribution in [2.24, 2.45) is 0 Å². The topological polar surface area (TPSA) is 96.6 Å². The van der Waals surface area contributed by atoms with Crippen LogP contribution in [0.25, 0.3) is 22.1 Å². The maximum Gasteiger partial charge on any atom is 0.204 e. The van der Waals surface area contributed by atoms with E-state index >= 15 is 0 Å². The van der Waals surface area contributed by atoms with E-state index in [1.54, 1.807) is 45.2 Å². The summed E-state index contributed by atoms with van der Waals surface area (Å²) in [7, 11) is 4.59. The number of ether oxygens (including phenoxy) is 5. The predicted molar refractivity (Wildman–Crippen MR) is 118 cm³/mol. The van der Waals surface area contributed by atoms with Gasteiger partial charge in [0, 0.05) is 36.8 Å². The highest BCUT2D eigenvalue weighted by molar-refractivity contribution is 5.91. The van der Waals surface area contributed by atoms with Crippen LogP contribution in [0.15, 0.2) is 39.7 Å². The Morgan fingerprint density at radius 3 is 2.56 bits per heavy atom. The fourth-order valence-electron chi connectivity index (χ4n) is 3.81. The first kappa shape index (κ1) is 22.0. The summed E-state index contributed by atoms with van der Waals surface area (Å²) in [6.45, 7) is 3.54. The second kappa shape index (κ2) is 8.37. The normalized spacial score (nSPS) is 16.9. The molecule has 0 fully saturated rings. The average molecular weight is 442 g/mol. The van der Waals surface area contributed by atoms with Gasteiger partial charge >= 0.3 is 0 Å². The van der Waals surface area contributed by atoms with E-state index in [4.69, 9.17) is 28.1 Å². The van der Waals surface area contributed by atoms with Crippen LogP contribution in [0.2, 0.25) is 0 Å². The zero-order chi connectivity index (χ0) is 23.0. The molecule has 2 aromatic carbocycles. The molecule has 0 saturated carbocycles. The van der Waals surface area contributed by atoms with Crippen LogP contribution >= 0.6 is 0 Å². The van der Waals surface area contributed by atoms with Crippen LogP contribution in [0, 0.1) is 0 Å². The van der Waals surface area contributed by atoms with Crippen molar-refractivity contribution in [2.45, 2.75) is 32.0 Å². The van der Waals surface area contributed by atoms with Crippen molar-refractivity contribution in [2.75, 3.05) is 28.1 Å². The van der Waals surface area contributed by atoms with E-state index in [1.807, 2.05) is 0 Å². The third-order valence-electron chi connectivity index (χ3n) is 5.68. The van der Waals surface area contributed by atoms with E-state index in [-0.39, 0.29) is 24.0 Å². The molecule has 1 aromatic heterocycles. The zero-order valence-corrected chi connectivity index (χ0v) is 18.7. The number of aliphatic hydroxyl groups excluding tert-OH is 1. The lowest BCUT2D eigenvalue weighted by Gasteiger charge is -2.37. The maximum absolute atomic E-state index is 13.7. The van der Waals surface area contributed by atoms with Gasteiger partial charge in [-0.05, 0) is 26.0 Å². The first-order valence-electron chi connectivity index (χ1n) is 10.1. The fraction of sp³-hybridized carbons (Fsp3) is 0.375. The third kappa shape index (κ3) is 3.65. The molecule has 170 valence electrons. The van der Waals surface area contributed by atoms with Crippen molar-refractivity contribution in [3.8, 4) is 34.1 Å². The third-order valence-corrected chi connectivity index (χ3v) is 5.68. The van der Waals surface area contributed by atoms with E-state index < -0.39 is 11.7 Å². The number of aliphatic hydroxyl groups is 1. The maximum atomic E-state index is 13.7. The number of rotatable bonds is 6. The Hall–Kier alpha value is -3.23. The van der Waals surface area contributed by atoms with Gasteiger partial charge in [-0.3, -0.25) is 4.79 Å². The molecule has 0 saturated heterocycles. The molecule has 0 radical (unpaired) electrons. The van der Waals surface area contributed by atoms with E-state index in [0.717, 1.165) is 0 Å². The van der Waals surface area contributed by atoms with E-state index in [0.29, 0.717) is 45.3 Å². The molecule has 3 aromatic rings. The van der Waals surface area contributed by atoms with Crippen LogP contribution in [0.4, 0.5) is 0 Å². The minimum atomic E-state index is -0.903. The Morgan fingerprint density at radius 2 is 1.88 bits per heavy atom. The first-order valence-corrected chi connectivity index (χ1v) is 10.1. The highest BCUT2D eigenvalue weighted by Crippen LogP contribution is 2.44. The monoisotopic (exact) mass is 442 g/mol. The summed E-state index contributed by atoms with van der Waals surface area (Å²) < 4.78 is 33.4. The van der Waals surface area contributed by atoms with Crippen LogP contribution in [-0.2, 0) is 11.2 Å². The lowest BCUT2D eigenvalue weighted by Crippen LogP contribution is -2.46. The minimum absolute atomic E-state index is 0.00278. The number of fused-ring (bicyclic) bond motifs is 3. The largest absolute Gasteiger partial charge is 0.497 e. The van der Waals surface area contributed by atoms with Crippen molar-refractivity contribution >= 4 is 11.0 Å². The molecular formula is C24H26O8. The number of hydrogen-bond donors (Lipinski definition) is 1. The molecule has 1 aliphatic heterocycles. The van der Waals surface area contributed by atoms with Gasteiger partial charge in [0.2, 0.25) is 5.43 Å². The Bertz CT molecular complexity index is 1210. The summed E-state index contributed by atoms with van der Waals surface area (Å²) >= 11 is 0. The molecule has 0 amide bonds.